The number of hydrogen-bond acceptors (Lipinski definition) is 5. The Morgan fingerprint density at radius 3 is 2.44 bits per heavy atom. The average Bonchev–Trinajstić information content (AvgIpc) is 3.56. The molecule has 2 aromatic carbocycles. The maximum absolute atomic E-state index is 12.5. The van der Waals surface area contributed by atoms with Crippen molar-refractivity contribution in [1.29, 1.82) is 0 Å². The van der Waals surface area contributed by atoms with E-state index < -0.39 is 0 Å². The van der Waals surface area contributed by atoms with Crippen LogP contribution in [-0.2, 0) is 20.1 Å². The number of aromatic nitrogens is 6. The minimum Gasteiger partial charge on any atom is -0.489 e. The maximum Gasteiger partial charge on any atom is 0.368 e. The highest BCUT2D eigenvalue weighted by Crippen LogP contribution is 2.43. The molecule has 5 rings (SSSR count). The number of aryl methyl sites for hydroxylation is 3. The fraction of sp³-hybridized carbons (Fsp3) is 0.385. The Kier molecular flexibility index (Phi) is 5.59. The standard InChI is InChI=1S/C26H30N6O2/c1-6-21-17(3)27-31(18(21)4)20-12-13-25(16(2)14-20)34-15-23-22(19-10-11-19)8-7-9-24(23)32-26(33)30(5)28-29-32/h7-9,12-14,19H,6,10-11,15H2,1-5H3. The van der Waals surface area contributed by atoms with Crippen molar-refractivity contribution in [3.05, 3.63) is 80.5 Å². The van der Waals surface area contributed by atoms with Crippen molar-refractivity contribution >= 4 is 0 Å². The SMILES string of the molecule is CCc1c(C)nn(-c2ccc(OCc3c(C4CC4)cccc3-n3nnn(C)c3=O)c(C)c2)c1C. The van der Waals surface area contributed by atoms with Crippen LogP contribution in [-0.4, -0.2) is 29.6 Å². The van der Waals surface area contributed by atoms with Crippen LogP contribution in [0.15, 0.2) is 41.2 Å². The summed E-state index contributed by atoms with van der Waals surface area (Å²) in [6.45, 7) is 8.73. The van der Waals surface area contributed by atoms with E-state index in [4.69, 9.17) is 9.84 Å². The van der Waals surface area contributed by atoms with E-state index in [1.54, 1.807) is 7.05 Å². The number of nitrogens with zero attached hydrogens (tertiary/aromatic N) is 6. The molecule has 0 amide bonds. The van der Waals surface area contributed by atoms with E-state index in [9.17, 15) is 4.79 Å². The lowest BCUT2D eigenvalue weighted by molar-refractivity contribution is 0.302. The fourth-order valence-corrected chi connectivity index (χ4v) is 4.70. The molecule has 0 bridgehead atoms. The van der Waals surface area contributed by atoms with Crippen molar-refractivity contribution in [1.82, 2.24) is 29.6 Å². The first kappa shape index (κ1) is 22.1. The van der Waals surface area contributed by atoms with E-state index in [2.05, 4.69) is 43.3 Å². The number of hydrogen-bond donors (Lipinski definition) is 0. The van der Waals surface area contributed by atoms with Crippen LogP contribution in [0.3, 0.4) is 0 Å². The molecule has 0 unspecified atom stereocenters. The molecular weight excluding hydrogens is 428 g/mol. The minimum absolute atomic E-state index is 0.272. The van der Waals surface area contributed by atoms with E-state index in [0.717, 1.165) is 53.2 Å². The summed E-state index contributed by atoms with van der Waals surface area (Å²) >= 11 is 0. The van der Waals surface area contributed by atoms with Crippen LogP contribution in [0.1, 0.15) is 59.3 Å². The number of benzene rings is 2. The first-order chi connectivity index (χ1) is 16.4. The molecule has 0 atom stereocenters. The van der Waals surface area contributed by atoms with Crippen LogP contribution in [0.25, 0.3) is 11.4 Å². The molecular formula is C26H30N6O2. The average molecular weight is 459 g/mol. The molecule has 34 heavy (non-hydrogen) atoms. The van der Waals surface area contributed by atoms with Crippen molar-refractivity contribution in [3.63, 3.8) is 0 Å². The topological polar surface area (TPSA) is 79.8 Å². The van der Waals surface area contributed by atoms with Gasteiger partial charge in [-0.1, -0.05) is 19.1 Å². The van der Waals surface area contributed by atoms with Gasteiger partial charge in [0.25, 0.3) is 0 Å². The van der Waals surface area contributed by atoms with Crippen molar-refractivity contribution in [2.24, 2.45) is 7.05 Å². The molecule has 1 saturated carbocycles. The van der Waals surface area contributed by atoms with E-state index in [1.165, 1.54) is 26.2 Å². The highest BCUT2D eigenvalue weighted by atomic mass is 16.5. The third-order valence-electron chi connectivity index (χ3n) is 6.72. The van der Waals surface area contributed by atoms with Gasteiger partial charge in [0.2, 0.25) is 0 Å². The van der Waals surface area contributed by atoms with Crippen LogP contribution in [0.2, 0.25) is 0 Å². The Balaban J connectivity index is 1.46. The van der Waals surface area contributed by atoms with Gasteiger partial charge in [0.1, 0.15) is 12.4 Å². The van der Waals surface area contributed by atoms with Gasteiger partial charge in [-0.25, -0.2) is 9.48 Å². The number of ether oxygens (including phenoxy) is 1. The molecule has 8 nitrogen and oxygen atoms in total. The van der Waals surface area contributed by atoms with E-state index in [0.29, 0.717) is 12.5 Å². The van der Waals surface area contributed by atoms with Gasteiger partial charge in [0, 0.05) is 18.3 Å². The van der Waals surface area contributed by atoms with Gasteiger partial charge >= 0.3 is 5.69 Å². The van der Waals surface area contributed by atoms with E-state index in [-0.39, 0.29) is 5.69 Å². The summed E-state index contributed by atoms with van der Waals surface area (Å²) < 4.78 is 10.9. The summed E-state index contributed by atoms with van der Waals surface area (Å²) in [7, 11) is 1.60. The maximum atomic E-state index is 12.5. The Bertz CT molecular complexity index is 1420. The third-order valence-corrected chi connectivity index (χ3v) is 6.72. The molecule has 8 heteroatoms. The first-order valence-electron chi connectivity index (χ1n) is 11.8. The lowest BCUT2D eigenvalue weighted by atomic mass is 10.0. The van der Waals surface area contributed by atoms with Crippen LogP contribution < -0.4 is 10.4 Å². The number of rotatable bonds is 7. The molecule has 4 aromatic rings. The highest BCUT2D eigenvalue weighted by molar-refractivity contribution is 5.49. The van der Waals surface area contributed by atoms with Gasteiger partial charge in [-0.3, -0.25) is 0 Å². The van der Waals surface area contributed by atoms with Gasteiger partial charge in [0.15, 0.2) is 0 Å². The predicted molar refractivity (Wildman–Crippen MR) is 130 cm³/mol. The molecule has 176 valence electrons. The molecule has 0 radical (unpaired) electrons. The zero-order valence-electron chi connectivity index (χ0n) is 20.4. The predicted octanol–water partition coefficient (Wildman–Crippen LogP) is 4.10. The zero-order valence-corrected chi connectivity index (χ0v) is 20.4. The van der Waals surface area contributed by atoms with Crippen molar-refractivity contribution < 1.29 is 4.74 Å². The Morgan fingerprint density at radius 2 is 1.82 bits per heavy atom. The summed E-state index contributed by atoms with van der Waals surface area (Å²) in [5, 5.41) is 12.7. The molecule has 0 aliphatic heterocycles. The molecule has 1 aliphatic carbocycles. The van der Waals surface area contributed by atoms with Gasteiger partial charge in [0.05, 0.1) is 17.1 Å². The Labute approximate surface area is 198 Å². The van der Waals surface area contributed by atoms with Crippen molar-refractivity contribution in [2.75, 3.05) is 0 Å². The monoisotopic (exact) mass is 458 g/mol. The summed E-state index contributed by atoms with van der Waals surface area (Å²) in [6, 6.07) is 12.2. The molecule has 1 aliphatic rings. The molecule has 2 aromatic heterocycles. The van der Waals surface area contributed by atoms with Crippen LogP contribution in [0, 0.1) is 20.8 Å². The smallest absolute Gasteiger partial charge is 0.368 e. The fourth-order valence-electron chi connectivity index (χ4n) is 4.70. The molecule has 0 saturated heterocycles. The second-order valence-corrected chi connectivity index (χ2v) is 9.07. The Hall–Kier alpha value is -3.68. The van der Waals surface area contributed by atoms with Gasteiger partial charge in [-0.2, -0.15) is 14.5 Å². The summed E-state index contributed by atoms with van der Waals surface area (Å²) in [4.78, 5) is 12.5. The van der Waals surface area contributed by atoms with Crippen LogP contribution in [0.4, 0.5) is 0 Å². The van der Waals surface area contributed by atoms with Crippen molar-refractivity contribution in [3.8, 4) is 17.1 Å². The summed E-state index contributed by atoms with van der Waals surface area (Å²) in [5.41, 5.74) is 8.26. The second-order valence-electron chi connectivity index (χ2n) is 9.07. The quantitative estimate of drug-likeness (QED) is 0.417. The van der Waals surface area contributed by atoms with Gasteiger partial charge in [-0.05, 0) is 97.3 Å². The summed E-state index contributed by atoms with van der Waals surface area (Å²) in [5.74, 6) is 1.32. The first-order valence-corrected chi connectivity index (χ1v) is 11.8. The zero-order chi connectivity index (χ0) is 24.0. The second kappa shape index (κ2) is 8.59. The minimum atomic E-state index is -0.272. The van der Waals surface area contributed by atoms with Gasteiger partial charge < -0.3 is 4.74 Å². The van der Waals surface area contributed by atoms with Gasteiger partial charge in [-0.15, -0.1) is 0 Å². The molecule has 2 heterocycles. The molecule has 0 spiro atoms. The highest BCUT2D eigenvalue weighted by Gasteiger charge is 2.28. The Morgan fingerprint density at radius 1 is 1.03 bits per heavy atom. The third kappa shape index (κ3) is 3.83. The van der Waals surface area contributed by atoms with Crippen LogP contribution in [0.5, 0.6) is 5.75 Å². The van der Waals surface area contributed by atoms with E-state index in [1.807, 2.05) is 35.9 Å². The normalized spacial score (nSPS) is 13.4. The molecule has 1 fully saturated rings. The lowest BCUT2D eigenvalue weighted by Gasteiger charge is -2.16. The molecule has 0 N–H and O–H groups in total. The van der Waals surface area contributed by atoms with E-state index >= 15 is 0 Å². The van der Waals surface area contributed by atoms with Crippen molar-refractivity contribution in [2.45, 2.75) is 59.5 Å². The van der Waals surface area contributed by atoms with Crippen LogP contribution >= 0.6 is 0 Å². The largest absolute Gasteiger partial charge is 0.489 e. The summed E-state index contributed by atoms with van der Waals surface area (Å²) in [6.07, 6.45) is 3.28. The lowest BCUT2D eigenvalue weighted by Crippen LogP contribution is -2.23. The number of tetrazole rings is 1.